The SMILES string of the molecule is CC[C@H](C)Oc1c(I)cc(/C=C2\C(=O)NC(=O)N(C3CCCC3)C2=O)cc1OC. The fourth-order valence-electron chi connectivity index (χ4n) is 3.55. The van der Waals surface area contributed by atoms with Crippen LogP contribution in [0.4, 0.5) is 4.79 Å². The number of urea groups is 1. The van der Waals surface area contributed by atoms with E-state index in [1.165, 1.54) is 11.0 Å². The second-order valence-electron chi connectivity index (χ2n) is 7.30. The maximum absolute atomic E-state index is 12.9. The molecule has 1 aromatic rings. The van der Waals surface area contributed by atoms with Gasteiger partial charge < -0.3 is 9.47 Å². The Kier molecular flexibility index (Phi) is 6.81. The van der Waals surface area contributed by atoms with Gasteiger partial charge in [0, 0.05) is 6.04 Å². The molecular formula is C21H25IN2O5. The van der Waals surface area contributed by atoms with E-state index in [2.05, 4.69) is 27.9 Å². The van der Waals surface area contributed by atoms with E-state index in [1.807, 2.05) is 19.9 Å². The number of rotatable bonds is 6. The lowest BCUT2D eigenvalue weighted by Crippen LogP contribution is -2.57. The molecule has 1 heterocycles. The van der Waals surface area contributed by atoms with Crippen molar-refractivity contribution < 1.29 is 23.9 Å². The van der Waals surface area contributed by atoms with E-state index < -0.39 is 17.8 Å². The lowest BCUT2D eigenvalue weighted by Gasteiger charge is -2.31. The minimum atomic E-state index is -0.678. The van der Waals surface area contributed by atoms with Crippen molar-refractivity contribution in [1.29, 1.82) is 0 Å². The predicted octanol–water partition coefficient (Wildman–Crippen LogP) is 3.88. The molecular weight excluding hydrogens is 487 g/mol. The fourth-order valence-corrected chi connectivity index (χ4v) is 4.31. The molecule has 1 saturated carbocycles. The minimum absolute atomic E-state index is 0.0262. The molecule has 1 aliphatic carbocycles. The summed E-state index contributed by atoms with van der Waals surface area (Å²) >= 11 is 2.14. The summed E-state index contributed by atoms with van der Waals surface area (Å²) < 4.78 is 12.2. The van der Waals surface area contributed by atoms with Gasteiger partial charge in [0.15, 0.2) is 11.5 Å². The van der Waals surface area contributed by atoms with Gasteiger partial charge in [-0.05, 0) is 72.5 Å². The Bertz CT molecular complexity index is 861. The van der Waals surface area contributed by atoms with E-state index in [1.54, 1.807) is 13.2 Å². The zero-order valence-corrected chi connectivity index (χ0v) is 18.9. The minimum Gasteiger partial charge on any atom is -0.493 e. The first kappa shape index (κ1) is 21.6. The van der Waals surface area contributed by atoms with Gasteiger partial charge in [-0.1, -0.05) is 19.8 Å². The Balaban J connectivity index is 1.95. The van der Waals surface area contributed by atoms with Gasteiger partial charge in [0.05, 0.1) is 16.8 Å². The Morgan fingerprint density at radius 3 is 2.59 bits per heavy atom. The van der Waals surface area contributed by atoms with Gasteiger partial charge in [-0.2, -0.15) is 0 Å². The van der Waals surface area contributed by atoms with Crippen LogP contribution in [0, 0.1) is 3.57 Å². The van der Waals surface area contributed by atoms with E-state index in [9.17, 15) is 14.4 Å². The highest BCUT2D eigenvalue weighted by atomic mass is 127. The molecule has 0 unspecified atom stereocenters. The van der Waals surface area contributed by atoms with E-state index in [4.69, 9.17) is 9.47 Å². The van der Waals surface area contributed by atoms with Gasteiger partial charge in [0.2, 0.25) is 0 Å². The second-order valence-corrected chi connectivity index (χ2v) is 8.46. The molecule has 0 radical (unpaired) electrons. The summed E-state index contributed by atoms with van der Waals surface area (Å²) in [7, 11) is 1.55. The molecule has 1 saturated heterocycles. The molecule has 0 bridgehead atoms. The molecule has 0 spiro atoms. The molecule has 2 aliphatic rings. The first-order valence-electron chi connectivity index (χ1n) is 9.80. The van der Waals surface area contributed by atoms with Gasteiger partial charge in [-0.25, -0.2) is 4.79 Å². The number of halogens is 1. The quantitative estimate of drug-likeness (QED) is 0.356. The summed E-state index contributed by atoms with van der Waals surface area (Å²) in [4.78, 5) is 38.7. The summed E-state index contributed by atoms with van der Waals surface area (Å²) in [6.07, 6.45) is 5.87. The van der Waals surface area contributed by atoms with Crippen LogP contribution >= 0.6 is 22.6 Å². The Morgan fingerprint density at radius 1 is 1.28 bits per heavy atom. The number of benzene rings is 1. The van der Waals surface area contributed by atoms with Gasteiger partial charge in [-0.3, -0.25) is 19.8 Å². The van der Waals surface area contributed by atoms with Crippen LogP contribution in [0.5, 0.6) is 11.5 Å². The fraction of sp³-hybridized carbons (Fsp3) is 0.476. The number of amides is 4. The molecule has 1 N–H and O–H groups in total. The summed E-state index contributed by atoms with van der Waals surface area (Å²) in [5, 5.41) is 2.30. The zero-order valence-electron chi connectivity index (χ0n) is 16.8. The second kappa shape index (κ2) is 9.15. The number of hydrogen-bond acceptors (Lipinski definition) is 5. The van der Waals surface area contributed by atoms with Crippen LogP contribution in [0.3, 0.4) is 0 Å². The highest BCUT2D eigenvalue weighted by Gasteiger charge is 2.40. The van der Waals surface area contributed by atoms with Crippen molar-refractivity contribution in [3.05, 3.63) is 26.8 Å². The normalized spacial score (nSPS) is 20.2. The van der Waals surface area contributed by atoms with Crippen LogP contribution in [-0.4, -0.2) is 42.0 Å². The third kappa shape index (κ3) is 4.57. The molecule has 29 heavy (non-hydrogen) atoms. The molecule has 8 heteroatoms. The van der Waals surface area contributed by atoms with Gasteiger partial charge in [0.25, 0.3) is 11.8 Å². The van der Waals surface area contributed by atoms with E-state index in [0.717, 1.165) is 35.7 Å². The number of hydrogen-bond donors (Lipinski definition) is 1. The zero-order chi connectivity index (χ0) is 21.1. The van der Waals surface area contributed by atoms with Crippen molar-refractivity contribution >= 4 is 46.5 Å². The van der Waals surface area contributed by atoms with Crippen LogP contribution in [0.1, 0.15) is 51.5 Å². The standard InChI is InChI=1S/C21H25IN2O5/c1-4-12(2)29-18-16(22)10-13(11-17(18)28-3)9-15-19(25)23-21(27)24(20(15)26)14-7-5-6-8-14/h9-12,14H,4-8H2,1-3H3,(H,23,25,27)/b15-9+/t12-/m0/s1. The Labute approximate surface area is 183 Å². The summed E-state index contributed by atoms with van der Waals surface area (Å²) in [6.45, 7) is 4.01. The monoisotopic (exact) mass is 512 g/mol. The molecule has 1 aliphatic heterocycles. The van der Waals surface area contributed by atoms with Crippen molar-refractivity contribution in [1.82, 2.24) is 10.2 Å². The smallest absolute Gasteiger partial charge is 0.331 e. The summed E-state index contributed by atoms with van der Waals surface area (Å²) in [5.41, 5.74) is 0.576. The topological polar surface area (TPSA) is 84.9 Å². The van der Waals surface area contributed by atoms with Gasteiger partial charge >= 0.3 is 6.03 Å². The number of nitrogens with zero attached hydrogens (tertiary/aromatic N) is 1. The lowest BCUT2D eigenvalue weighted by molar-refractivity contribution is -0.131. The highest BCUT2D eigenvalue weighted by molar-refractivity contribution is 14.1. The maximum Gasteiger partial charge on any atom is 0.331 e. The van der Waals surface area contributed by atoms with Crippen molar-refractivity contribution in [2.75, 3.05) is 7.11 Å². The molecule has 7 nitrogen and oxygen atoms in total. The third-order valence-corrected chi connectivity index (χ3v) is 6.08. The van der Waals surface area contributed by atoms with E-state index >= 15 is 0 Å². The van der Waals surface area contributed by atoms with Crippen LogP contribution < -0.4 is 14.8 Å². The molecule has 156 valence electrons. The molecule has 0 aromatic heterocycles. The maximum atomic E-state index is 12.9. The van der Waals surface area contributed by atoms with Gasteiger partial charge in [-0.15, -0.1) is 0 Å². The third-order valence-electron chi connectivity index (χ3n) is 5.28. The Hall–Kier alpha value is -2.10. The van der Waals surface area contributed by atoms with Crippen LogP contribution in [0.2, 0.25) is 0 Å². The molecule has 2 fully saturated rings. The molecule has 1 aromatic carbocycles. The Morgan fingerprint density at radius 2 is 1.97 bits per heavy atom. The van der Waals surface area contributed by atoms with E-state index in [-0.39, 0.29) is 17.7 Å². The highest BCUT2D eigenvalue weighted by Crippen LogP contribution is 2.36. The number of methoxy groups -OCH3 is 1. The van der Waals surface area contributed by atoms with Crippen LogP contribution in [-0.2, 0) is 9.59 Å². The average molecular weight is 512 g/mol. The van der Waals surface area contributed by atoms with Crippen LogP contribution in [0.15, 0.2) is 17.7 Å². The summed E-state index contributed by atoms with van der Waals surface area (Å²) in [5.74, 6) is -0.0639. The number of carbonyl (C=O) groups excluding carboxylic acids is 3. The average Bonchev–Trinajstić information content (AvgIpc) is 3.20. The number of imide groups is 2. The van der Waals surface area contributed by atoms with Crippen molar-refractivity contribution in [2.24, 2.45) is 0 Å². The summed E-state index contributed by atoms with van der Waals surface area (Å²) in [6, 6.07) is 2.77. The first-order valence-corrected chi connectivity index (χ1v) is 10.9. The first-order chi connectivity index (χ1) is 13.8. The van der Waals surface area contributed by atoms with Crippen molar-refractivity contribution in [3.8, 4) is 11.5 Å². The van der Waals surface area contributed by atoms with Crippen molar-refractivity contribution in [3.63, 3.8) is 0 Å². The number of nitrogens with one attached hydrogen (secondary N) is 1. The predicted molar refractivity (Wildman–Crippen MR) is 117 cm³/mol. The molecule has 1 atom stereocenters. The number of carbonyl (C=O) groups is 3. The van der Waals surface area contributed by atoms with E-state index in [0.29, 0.717) is 17.1 Å². The molecule has 3 rings (SSSR count). The van der Waals surface area contributed by atoms with Crippen molar-refractivity contribution in [2.45, 2.75) is 58.1 Å². The number of ether oxygens (including phenoxy) is 2. The molecule has 4 amide bonds. The number of barbiturate groups is 1. The van der Waals surface area contributed by atoms with Crippen LogP contribution in [0.25, 0.3) is 6.08 Å². The van der Waals surface area contributed by atoms with Gasteiger partial charge in [0.1, 0.15) is 5.57 Å². The largest absolute Gasteiger partial charge is 0.493 e. The lowest BCUT2D eigenvalue weighted by atomic mass is 10.0.